The largest absolute Gasteiger partial charge is 0.411 e. The van der Waals surface area contributed by atoms with Gasteiger partial charge in [-0.3, -0.25) is 14.5 Å². The molecule has 1 N–H and O–H groups in total. The van der Waals surface area contributed by atoms with Gasteiger partial charge < -0.3 is 9.73 Å². The van der Waals surface area contributed by atoms with Crippen molar-refractivity contribution in [2.45, 2.75) is 24.3 Å². The topological polar surface area (TPSA) is 88.3 Å². The standard InChI is InChI=1S/C20H18N4O3S/c1-12-6-5-7-14(10-12)18-22-23-20(27-18)28-13(2)19(26)24-11-17(25)21-15-8-3-4-9-16(15)24/h3-10,13H,11H2,1-2H3,(H,21,25)/t13-/m0/s1. The first kappa shape index (κ1) is 18.2. The van der Waals surface area contributed by atoms with Gasteiger partial charge in [0.2, 0.25) is 17.7 Å². The molecule has 0 saturated carbocycles. The van der Waals surface area contributed by atoms with Crippen LogP contribution in [0.4, 0.5) is 11.4 Å². The highest BCUT2D eigenvalue weighted by atomic mass is 32.2. The third-order valence-electron chi connectivity index (χ3n) is 4.33. The molecule has 0 radical (unpaired) electrons. The first-order chi connectivity index (χ1) is 13.5. The number of para-hydroxylation sites is 2. The molecule has 2 aromatic carbocycles. The minimum absolute atomic E-state index is 0.0148. The molecular weight excluding hydrogens is 376 g/mol. The molecule has 0 aliphatic carbocycles. The summed E-state index contributed by atoms with van der Waals surface area (Å²) >= 11 is 1.18. The monoisotopic (exact) mass is 394 g/mol. The Labute approximate surface area is 166 Å². The summed E-state index contributed by atoms with van der Waals surface area (Å²) in [7, 11) is 0. The molecule has 1 atom stereocenters. The van der Waals surface area contributed by atoms with Gasteiger partial charge in [-0.1, -0.05) is 41.6 Å². The minimum Gasteiger partial charge on any atom is -0.411 e. The quantitative estimate of drug-likeness (QED) is 0.681. The summed E-state index contributed by atoms with van der Waals surface area (Å²) < 4.78 is 5.71. The number of nitrogens with one attached hydrogen (secondary N) is 1. The highest BCUT2D eigenvalue weighted by molar-refractivity contribution is 8.00. The second kappa shape index (κ2) is 7.47. The number of fused-ring (bicyclic) bond motifs is 1. The van der Waals surface area contributed by atoms with Crippen LogP contribution in [0.15, 0.2) is 58.2 Å². The van der Waals surface area contributed by atoms with Crippen molar-refractivity contribution >= 4 is 35.0 Å². The number of carbonyl (C=O) groups is 2. The van der Waals surface area contributed by atoms with E-state index in [1.165, 1.54) is 16.7 Å². The summed E-state index contributed by atoms with van der Waals surface area (Å²) in [6, 6.07) is 15.0. The SMILES string of the molecule is Cc1cccc(-c2nnc(S[C@@H](C)C(=O)N3CC(=O)Nc4ccccc43)o2)c1. The first-order valence-electron chi connectivity index (χ1n) is 8.79. The van der Waals surface area contributed by atoms with Gasteiger partial charge in [-0.2, -0.15) is 0 Å². The van der Waals surface area contributed by atoms with Gasteiger partial charge in [-0.05, 0) is 38.1 Å². The molecule has 2 amide bonds. The van der Waals surface area contributed by atoms with Crippen LogP contribution in [0.3, 0.4) is 0 Å². The highest BCUT2D eigenvalue weighted by Gasteiger charge is 2.31. The Morgan fingerprint density at radius 3 is 2.86 bits per heavy atom. The maximum Gasteiger partial charge on any atom is 0.277 e. The second-order valence-corrected chi connectivity index (χ2v) is 7.78. The van der Waals surface area contributed by atoms with Crippen LogP contribution in [-0.2, 0) is 9.59 Å². The lowest BCUT2D eigenvalue weighted by atomic mass is 10.1. The Balaban J connectivity index is 1.51. The summed E-state index contributed by atoms with van der Waals surface area (Å²) in [6.45, 7) is 3.74. The van der Waals surface area contributed by atoms with E-state index in [4.69, 9.17) is 4.42 Å². The van der Waals surface area contributed by atoms with E-state index in [9.17, 15) is 9.59 Å². The summed E-state index contributed by atoms with van der Waals surface area (Å²) in [5.41, 5.74) is 3.24. The van der Waals surface area contributed by atoms with Crippen molar-refractivity contribution in [2.75, 3.05) is 16.8 Å². The third kappa shape index (κ3) is 3.63. The molecular formula is C20H18N4O3S. The van der Waals surface area contributed by atoms with Crippen LogP contribution in [0.25, 0.3) is 11.5 Å². The van der Waals surface area contributed by atoms with E-state index in [2.05, 4.69) is 15.5 Å². The number of carbonyl (C=O) groups excluding carboxylic acids is 2. The fraction of sp³-hybridized carbons (Fsp3) is 0.200. The second-order valence-electron chi connectivity index (χ2n) is 6.49. The van der Waals surface area contributed by atoms with E-state index in [0.29, 0.717) is 22.5 Å². The number of thioether (sulfide) groups is 1. The minimum atomic E-state index is -0.496. The molecule has 1 aliphatic rings. The smallest absolute Gasteiger partial charge is 0.277 e. The van der Waals surface area contributed by atoms with Crippen molar-refractivity contribution in [3.05, 3.63) is 54.1 Å². The van der Waals surface area contributed by atoms with Crippen molar-refractivity contribution < 1.29 is 14.0 Å². The Morgan fingerprint density at radius 1 is 1.21 bits per heavy atom. The van der Waals surface area contributed by atoms with E-state index >= 15 is 0 Å². The van der Waals surface area contributed by atoms with Crippen molar-refractivity contribution in [2.24, 2.45) is 0 Å². The van der Waals surface area contributed by atoms with Gasteiger partial charge in [0.25, 0.3) is 5.22 Å². The van der Waals surface area contributed by atoms with Crippen LogP contribution in [0.2, 0.25) is 0 Å². The van der Waals surface area contributed by atoms with Crippen molar-refractivity contribution in [1.29, 1.82) is 0 Å². The van der Waals surface area contributed by atoms with Gasteiger partial charge in [-0.25, -0.2) is 0 Å². The fourth-order valence-electron chi connectivity index (χ4n) is 3.00. The number of hydrogen-bond acceptors (Lipinski definition) is 6. The van der Waals surface area contributed by atoms with Gasteiger partial charge in [0.1, 0.15) is 6.54 Å². The number of aromatic nitrogens is 2. The number of benzene rings is 2. The van der Waals surface area contributed by atoms with Gasteiger partial charge >= 0.3 is 0 Å². The molecule has 0 saturated heterocycles. The molecule has 0 fully saturated rings. The van der Waals surface area contributed by atoms with Gasteiger partial charge in [-0.15, -0.1) is 10.2 Å². The average molecular weight is 394 g/mol. The van der Waals surface area contributed by atoms with Crippen molar-refractivity contribution in [1.82, 2.24) is 10.2 Å². The molecule has 4 rings (SSSR count). The third-order valence-corrected chi connectivity index (χ3v) is 5.26. The maximum absolute atomic E-state index is 13.0. The Hall–Kier alpha value is -3.13. The van der Waals surface area contributed by atoms with Gasteiger partial charge in [0.15, 0.2) is 0 Å². The lowest BCUT2D eigenvalue weighted by molar-refractivity contribution is -0.121. The van der Waals surface area contributed by atoms with Gasteiger partial charge in [0, 0.05) is 5.56 Å². The Morgan fingerprint density at radius 2 is 2.04 bits per heavy atom. The number of nitrogens with zero attached hydrogens (tertiary/aromatic N) is 3. The zero-order chi connectivity index (χ0) is 19.7. The number of rotatable bonds is 4. The molecule has 28 heavy (non-hydrogen) atoms. The molecule has 0 spiro atoms. The zero-order valence-electron chi connectivity index (χ0n) is 15.4. The van der Waals surface area contributed by atoms with E-state index in [-0.39, 0.29) is 18.4 Å². The average Bonchev–Trinajstić information content (AvgIpc) is 3.15. The zero-order valence-corrected chi connectivity index (χ0v) is 16.2. The molecule has 7 nitrogen and oxygen atoms in total. The molecule has 2 heterocycles. The lowest BCUT2D eigenvalue weighted by Gasteiger charge is -2.30. The van der Waals surface area contributed by atoms with Crippen LogP contribution < -0.4 is 10.2 Å². The fourth-order valence-corrected chi connectivity index (χ4v) is 3.75. The predicted octanol–water partition coefficient (Wildman–Crippen LogP) is 3.51. The van der Waals surface area contributed by atoms with Crippen molar-refractivity contribution in [3.63, 3.8) is 0 Å². The molecule has 8 heteroatoms. The number of amides is 2. The number of aryl methyl sites for hydroxylation is 1. The van der Waals surface area contributed by atoms with E-state index in [1.807, 2.05) is 49.4 Å². The molecule has 0 unspecified atom stereocenters. The molecule has 1 aromatic heterocycles. The van der Waals surface area contributed by atoms with Crippen molar-refractivity contribution in [3.8, 4) is 11.5 Å². The molecule has 142 valence electrons. The van der Waals surface area contributed by atoms with Gasteiger partial charge in [0.05, 0.1) is 16.6 Å². The summed E-state index contributed by atoms with van der Waals surface area (Å²) in [4.78, 5) is 26.4. The first-order valence-corrected chi connectivity index (χ1v) is 9.66. The highest BCUT2D eigenvalue weighted by Crippen LogP contribution is 2.32. The van der Waals surface area contributed by atoms with Crippen LogP contribution >= 0.6 is 11.8 Å². The molecule has 1 aliphatic heterocycles. The Kier molecular flexibility index (Phi) is 4.87. The van der Waals surface area contributed by atoms with Crippen LogP contribution in [0.5, 0.6) is 0 Å². The van der Waals surface area contributed by atoms with E-state index in [1.54, 1.807) is 13.0 Å². The van der Waals surface area contributed by atoms with E-state index in [0.717, 1.165) is 11.1 Å². The van der Waals surface area contributed by atoms with Crippen LogP contribution in [0, 0.1) is 6.92 Å². The maximum atomic E-state index is 13.0. The molecule has 0 bridgehead atoms. The lowest BCUT2D eigenvalue weighted by Crippen LogP contribution is -2.45. The summed E-state index contributed by atoms with van der Waals surface area (Å²) in [6.07, 6.45) is 0. The molecule has 3 aromatic rings. The summed E-state index contributed by atoms with van der Waals surface area (Å²) in [5.74, 6) is -0.0000700. The normalized spacial score (nSPS) is 14.4. The predicted molar refractivity (Wildman–Crippen MR) is 107 cm³/mol. The number of anilines is 2. The summed E-state index contributed by atoms with van der Waals surface area (Å²) in [5, 5.41) is 10.7. The van der Waals surface area contributed by atoms with E-state index < -0.39 is 5.25 Å². The Bertz CT molecular complexity index is 1050. The van der Waals surface area contributed by atoms with Crippen LogP contribution in [-0.4, -0.2) is 33.8 Å². The number of hydrogen-bond donors (Lipinski definition) is 1. The van der Waals surface area contributed by atoms with Crippen LogP contribution in [0.1, 0.15) is 12.5 Å².